The highest BCUT2D eigenvalue weighted by molar-refractivity contribution is 6.36. The van der Waals surface area contributed by atoms with Crippen molar-refractivity contribution in [1.29, 1.82) is 0 Å². The fourth-order valence-electron chi connectivity index (χ4n) is 2.91. The lowest BCUT2D eigenvalue weighted by Crippen LogP contribution is -2.47. The number of nitrogens with zero attached hydrogens (tertiary/aromatic N) is 1. The maximum absolute atomic E-state index is 13.0. The molecule has 2 amide bonds. The zero-order valence-electron chi connectivity index (χ0n) is 17.4. The van der Waals surface area contributed by atoms with E-state index in [9.17, 15) is 9.59 Å². The van der Waals surface area contributed by atoms with Crippen molar-refractivity contribution < 1.29 is 14.3 Å². The summed E-state index contributed by atoms with van der Waals surface area (Å²) in [6.45, 7) is 4.83. The van der Waals surface area contributed by atoms with Crippen LogP contribution < -0.4 is 10.1 Å². The van der Waals surface area contributed by atoms with Gasteiger partial charge in [-0.2, -0.15) is 0 Å². The minimum Gasteiger partial charge on any atom is -0.494 e. The molecule has 1 N–H and O–H groups in total. The standard InChI is InChI=1S/C23H28Cl2N2O3/c1-3-14-26-23(29)17(2)27(16-19-20(24)11-7-12-21(19)25)22(28)13-8-15-30-18-9-5-4-6-10-18/h4-7,9-12,17H,3,8,13-16H2,1-2H3,(H,26,29)/t17-/m0/s1. The van der Waals surface area contributed by atoms with E-state index in [2.05, 4.69) is 5.32 Å². The van der Waals surface area contributed by atoms with Crippen LogP contribution in [0, 0.1) is 0 Å². The van der Waals surface area contributed by atoms with Crippen molar-refractivity contribution in [3.05, 3.63) is 64.1 Å². The summed E-state index contributed by atoms with van der Waals surface area (Å²) in [7, 11) is 0. The molecule has 0 spiro atoms. The van der Waals surface area contributed by atoms with Gasteiger partial charge in [0.2, 0.25) is 11.8 Å². The molecule has 5 nitrogen and oxygen atoms in total. The Morgan fingerprint density at radius 2 is 1.73 bits per heavy atom. The van der Waals surface area contributed by atoms with E-state index in [1.54, 1.807) is 25.1 Å². The van der Waals surface area contributed by atoms with E-state index in [0.29, 0.717) is 35.2 Å². The van der Waals surface area contributed by atoms with Crippen molar-refractivity contribution in [1.82, 2.24) is 10.2 Å². The van der Waals surface area contributed by atoms with E-state index in [-0.39, 0.29) is 24.8 Å². The van der Waals surface area contributed by atoms with Gasteiger partial charge in [0.05, 0.1) is 6.61 Å². The SMILES string of the molecule is CCCNC(=O)[C@H](C)N(Cc1c(Cl)cccc1Cl)C(=O)CCCOc1ccccc1. The second-order valence-corrected chi connectivity index (χ2v) is 7.77. The maximum atomic E-state index is 13.0. The van der Waals surface area contributed by atoms with Crippen LogP contribution in [0.3, 0.4) is 0 Å². The van der Waals surface area contributed by atoms with E-state index in [1.807, 2.05) is 37.3 Å². The van der Waals surface area contributed by atoms with Gasteiger partial charge < -0.3 is 15.0 Å². The van der Waals surface area contributed by atoms with Gasteiger partial charge in [-0.1, -0.05) is 54.4 Å². The summed E-state index contributed by atoms with van der Waals surface area (Å²) in [5.74, 6) is 0.410. The molecule has 2 aromatic rings. The molecule has 0 aliphatic carbocycles. The van der Waals surface area contributed by atoms with Crippen LogP contribution in [0.4, 0.5) is 0 Å². The Hall–Kier alpha value is -2.24. The average Bonchev–Trinajstić information content (AvgIpc) is 2.75. The predicted octanol–water partition coefficient (Wildman–Crippen LogP) is 5.10. The van der Waals surface area contributed by atoms with Crippen LogP contribution in [0.25, 0.3) is 0 Å². The first-order valence-corrected chi connectivity index (χ1v) is 10.9. The second-order valence-electron chi connectivity index (χ2n) is 6.95. The summed E-state index contributed by atoms with van der Waals surface area (Å²) < 4.78 is 5.66. The summed E-state index contributed by atoms with van der Waals surface area (Å²) in [6.07, 6.45) is 1.60. The van der Waals surface area contributed by atoms with Gasteiger partial charge in [-0.15, -0.1) is 0 Å². The van der Waals surface area contributed by atoms with Crippen LogP contribution in [0.1, 0.15) is 38.7 Å². The number of rotatable bonds is 11. The molecule has 0 heterocycles. The molecule has 30 heavy (non-hydrogen) atoms. The highest BCUT2D eigenvalue weighted by Gasteiger charge is 2.27. The molecular formula is C23H28Cl2N2O3. The Kier molecular flexibility index (Phi) is 9.98. The predicted molar refractivity (Wildman–Crippen MR) is 121 cm³/mol. The smallest absolute Gasteiger partial charge is 0.242 e. The summed E-state index contributed by atoms with van der Waals surface area (Å²) in [5.41, 5.74) is 0.630. The van der Waals surface area contributed by atoms with Crippen LogP contribution in [-0.2, 0) is 16.1 Å². The largest absolute Gasteiger partial charge is 0.494 e. The van der Waals surface area contributed by atoms with Crippen LogP contribution in [0.2, 0.25) is 10.0 Å². The number of carbonyl (C=O) groups is 2. The summed E-state index contributed by atoms with van der Waals surface area (Å²) >= 11 is 12.6. The zero-order valence-corrected chi connectivity index (χ0v) is 18.9. The molecule has 2 rings (SSSR count). The van der Waals surface area contributed by atoms with Gasteiger partial charge in [0.15, 0.2) is 0 Å². The van der Waals surface area contributed by atoms with Crippen molar-refractivity contribution in [3.8, 4) is 5.75 Å². The normalized spacial score (nSPS) is 11.6. The number of benzene rings is 2. The number of halogens is 2. The second kappa shape index (κ2) is 12.5. The topological polar surface area (TPSA) is 58.6 Å². The van der Waals surface area contributed by atoms with Gasteiger partial charge in [-0.3, -0.25) is 9.59 Å². The van der Waals surface area contributed by atoms with E-state index < -0.39 is 6.04 Å². The van der Waals surface area contributed by atoms with Crippen molar-refractivity contribution in [2.45, 2.75) is 45.7 Å². The molecule has 1 atom stereocenters. The number of hydrogen-bond donors (Lipinski definition) is 1. The Morgan fingerprint density at radius 3 is 2.37 bits per heavy atom. The van der Waals surface area contributed by atoms with Crippen LogP contribution in [0.5, 0.6) is 5.75 Å². The lowest BCUT2D eigenvalue weighted by atomic mass is 10.1. The molecule has 0 fully saturated rings. The fourth-order valence-corrected chi connectivity index (χ4v) is 3.42. The first kappa shape index (κ1) is 24.0. The molecule has 0 aliphatic rings. The lowest BCUT2D eigenvalue weighted by molar-refractivity contribution is -0.140. The Balaban J connectivity index is 2.05. The Labute approximate surface area is 188 Å². The third kappa shape index (κ3) is 7.22. The zero-order chi connectivity index (χ0) is 21.9. The Bertz CT molecular complexity index is 810. The first-order chi connectivity index (χ1) is 14.4. The van der Waals surface area contributed by atoms with Crippen LogP contribution >= 0.6 is 23.2 Å². The van der Waals surface area contributed by atoms with Crippen molar-refractivity contribution in [2.24, 2.45) is 0 Å². The minimum absolute atomic E-state index is 0.151. The number of amides is 2. The van der Waals surface area contributed by atoms with Gasteiger partial charge in [0.1, 0.15) is 11.8 Å². The quantitative estimate of drug-likeness (QED) is 0.484. The van der Waals surface area contributed by atoms with Gasteiger partial charge >= 0.3 is 0 Å². The highest BCUT2D eigenvalue weighted by atomic mass is 35.5. The summed E-state index contributed by atoms with van der Waals surface area (Å²) in [5, 5.41) is 3.78. The van der Waals surface area contributed by atoms with Gasteiger partial charge in [0.25, 0.3) is 0 Å². The Morgan fingerprint density at radius 1 is 1.07 bits per heavy atom. The molecule has 0 saturated carbocycles. The molecule has 0 radical (unpaired) electrons. The molecule has 0 aromatic heterocycles. The first-order valence-electron chi connectivity index (χ1n) is 10.1. The van der Waals surface area contributed by atoms with Crippen molar-refractivity contribution in [3.63, 3.8) is 0 Å². The van der Waals surface area contributed by atoms with E-state index in [0.717, 1.165) is 12.2 Å². The van der Waals surface area contributed by atoms with E-state index in [1.165, 1.54) is 4.90 Å². The molecule has 0 bridgehead atoms. The monoisotopic (exact) mass is 450 g/mol. The van der Waals surface area contributed by atoms with Crippen molar-refractivity contribution >= 4 is 35.0 Å². The third-order valence-corrected chi connectivity index (χ3v) is 5.36. The molecule has 162 valence electrons. The van der Waals surface area contributed by atoms with Crippen molar-refractivity contribution in [2.75, 3.05) is 13.2 Å². The highest BCUT2D eigenvalue weighted by Crippen LogP contribution is 2.27. The number of para-hydroxylation sites is 1. The van der Waals surface area contributed by atoms with Gasteiger partial charge in [0, 0.05) is 35.1 Å². The molecule has 7 heteroatoms. The summed E-state index contributed by atoms with van der Waals surface area (Å²) in [4.78, 5) is 27.1. The number of carbonyl (C=O) groups excluding carboxylic acids is 2. The fraction of sp³-hybridized carbons (Fsp3) is 0.391. The van der Waals surface area contributed by atoms with Gasteiger partial charge in [-0.25, -0.2) is 0 Å². The number of hydrogen-bond acceptors (Lipinski definition) is 3. The molecule has 0 saturated heterocycles. The average molecular weight is 451 g/mol. The van der Waals surface area contributed by atoms with Crippen LogP contribution in [-0.4, -0.2) is 35.9 Å². The molecular weight excluding hydrogens is 423 g/mol. The van der Waals surface area contributed by atoms with E-state index >= 15 is 0 Å². The molecule has 0 unspecified atom stereocenters. The third-order valence-electron chi connectivity index (χ3n) is 4.65. The maximum Gasteiger partial charge on any atom is 0.242 e. The lowest BCUT2D eigenvalue weighted by Gasteiger charge is -2.29. The number of ether oxygens (including phenoxy) is 1. The summed E-state index contributed by atoms with van der Waals surface area (Å²) in [6, 6.07) is 14.0. The molecule has 0 aliphatic heterocycles. The van der Waals surface area contributed by atoms with Gasteiger partial charge in [-0.05, 0) is 44.0 Å². The molecule has 2 aromatic carbocycles. The minimum atomic E-state index is -0.647. The number of nitrogens with one attached hydrogen (secondary N) is 1. The van der Waals surface area contributed by atoms with Crippen LogP contribution in [0.15, 0.2) is 48.5 Å². The van der Waals surface area contributed by atoms with E-state index in [4.69, 9.17) is 27.9 Å².